The van der Waals surface area contributed by atoms with Crippen LogP contribution in [0.3, 0.4) is 0 Å². The second kappa shape index (κ2) is 16.9. The molecule has 11 heteroatoms. The molecule has 3 aromatic rings. The minimum atomic E-state index is -4.36. The summed E-state index contributed by atoms with van der Waals surface area (Å²) in [5, 5.41) is 0. The van der Waals surface area contributed by atoms with Crippen LogP contribution in [0.4, 0.5) is 0 Å². The third-order valence-electron chi connectivity index (χ3n) is 14.0. The maximum absolute atomic E-state index is 14.0. The number of carbonyl (C=O) groups excluding carboxylic acids is 2. The highest BCUT2D eigenvalue weighted by atomic mass is 32.2. The van der Waals surface area contributed by atoms with Gasteiger partial charge in [0, 0.05) is 74.6 Å². The first-order valence-corrected chi connectivity index (χ1v) is 22.2. The number of nitrogens with zero attached hydrogens (tertiary/aromatic N) is 5. The number of pyridine rings is 2. The molecule has 2 amide bonds. The molecule has 0 bridgehead atoms. The van der Waals surface area contributed by atoms with Crippen LogP contribution in [0.1, 0.15) is 142 Å². The quantitative estimate of drug-likeness (QED) is 0.123. The van der Waals surface area contributed by atoms with E-state index in [1.807, 2.05) is 60.4 Å². The number of aromatic nitrogens is 2. The van der Waals surface area contributed by atoms with Crippen LogP contribution in [-0.2, 0) is 30.5 Å². The fraction of sp³-hybridized carbons (Fsp3) is 0.609. The highest BCUT2D eigenvalue weighted by Crippen LogP contribution is 2.43. The second-order valence-electron chi connectivity index (χ2n) is 19.2. The van der Waals surface area contributed by atoms with E-state index in [0.717, 1.165) is 56.2 Å². The van der Waals surface area contributed by atoms with E-state index in [1.54, 1.807) is 0 Å². The van der Waals surface area contributed by atoms with Crippen LogP contribution in [0.2, 0.25) is 0 Å². The summed E-state index contributed by atoms with van der Waals surface area (Å²) in [6.45, 7) is 20.6. The van der Waals surface area contributed by atoms with Crippen LogP contribution in [0.5, 0.6) is 0 Å². The molecular formula is C46H68N5O5S+. The Labute approximate surface area is 342 Å². The van der Waals surface area contributed by atoms with Crippen LogP contribution in [0, 0.1) is 0 Å². The van der Waals surface area contributed by atoms with Crippen LogP contribution < -0.4 is 4.57 Å². The van der Waals surface area contributed by atoms with Gasteiger partial charge >= 0.3 is 0 Å². The number of likely N-dealkylation sites (tertiary alicyclic amines) is 2. The van der Waals surface area contributed by atoms with Crippen molar-refractivity contribution in [3.05, 3.63) is 90.0 Å². The van der Waals surface area contributed by atoms with E-state index in [-0.39, 0.29) is 62.7 Å². The molecule has 2 aliphatic rings. The molecular weight excluding hydrogens is 735 g/mol. The smallest absolute Gasteiger partial charge is 0.294 e. The molecule has 0 radical (unpaired) electrons. The SMILES string of the molecule is CCC(C)(CC(CC(CC(C)(C)c1cc[n+](C(C)C(=O)N(C)C2CC(C)(C)N(C)C(C)(C)C2)cc1)c1ccc(S(=O)(=O)O)cc1)N1CCCC1=O)c1ccncc1. The topological polar surface area (TPSA) is 115 Å². The van der Waals surface area contributed by atoms with Crippen LogP contribution in [0.25, 0.3) is 0 Å². The Balaban J connectivity index is 1.42. The summed E-state index contributed by atoms with van der Waals surface area (Å²) in [6.07, 6.45) is 14.0. The molecule has 4 unspecified atom stereocenters. The van der Waals surface area contributed by atoms with E-state index in [1.165, 1.54) is 17.7 Å². The molecule has 2 fully saturated rings. The highest BCUT2D eigenvalue weighted by Gasteiger charge is 2.46. The number of benzene rings is 1. The molecule has 4 heterocycles. The van der Waals surface area contributed by atoms with Crippen molar-refractivity contribution in [2.75, 3.05) is 20.6 Å². The largest absolute Gasteiger partial charge is 0.340 e. The monoisotopic (exact) mass is 802 g/mol. The summed E-state index contributed by atoms with van der Waals surface area (Å²) >= 11 is 0. The zero-order valence-electron chi connectivity index (χ0n) is 36.3. The number of rotatable bonds is 15. The minimum absolute atomic E-state index is 0.0275. The van der Waals surface area contributed by atoms with E-state index in [2.05, 4.69) is 101 Å². The molecule has 1 N–H and O–H groups in total. The lowest BCUT2D eigenvalue weighted by Crippen LogP contribution is -2.63. The van der Waals surface area contributed by atoms with Gasteiger partial charge in [-0.15, -0.1) is 0 Å². The third kappa shape index (κ3) is 9.97. The number of amides is 2. The van der Waals surface area contributed by atoms with Crippen LogP contribution >= 0.6 is 0 Å². The van der Waals surface area contributed by atoms with Crippen molar-refractivity contribution >= 4 is 21.9 Å². The summed E-state index contributed by atoms with van der Waals surface area (Å²) in [7, 11) is -0.226. The summed E-state index contributed by atoms with van der Waals surface area (Å²) in [6, 6.07) is 14.7. The Morgan fingerprint density at radius 2 is 1.54 bits per heavy atom. The van der Waals surface area contributed by atoms with Crippen LogP contribution in [-0.4, -0.2) is 88.3 Å². The molecule has 0 aliphatic carbocycles. The Bertz CT molecular complexity index is 1950. The maximum atomic E-state index is 14.0. The number of carbonyl (C=O) groups is 2. The first-order valence-electron chi connectivity index (χ1n) is 20.8. The lowest BCUT2D eigenvalue weighted by molar-refractivity contribution is -0.706. The van der Waals surface area contributed by atoms with Gasteiger partial charge in [0.2, 0.25) is 11.9 Å². The molecule has 4 atom stereocenters. The number of hydrogen-bond donors (Lipinski definition) is 1. The molecule has 57 heavy (non-hydrogen) atoms. The van der Waals surface area contributed by atoms with Crippen molar-refractivity contribution in [3.63, 3.8) is 0 Å². The van der Waals surface area contributed by atoms with Gasteiger partial charge in [0.25, 0.3) is 16.0 Å². The first-order chi connectivity index (χ1) is 26.5. The molecule has 0 spiro atoms. The van der Waals surface area contributed by atoms with Gasteiger partial charge in [0.15, 0.2) is 12.4 Å². The molecule has 1 aromatic carbocycles. The van der Waals surface area contributed by atoms with E-state index < -0.39 is 10.1 Å². The fourth-order valence-electron chi connectivity index (χ4n) is 9.77. The first kappa shape index (κ1) is 44.4. The molecule has 2 aromatic heterocycles. The van der Waals surface area contributed by atoms with Crippen molar-refractivity contribution in [1.82, 2.24) is 19.7 Å². The van der Waals surface area contributed by atoms with Crippen LogP contribution in [0.15, 0.2) is 78.2 Å². The van der Waals surface area contributed by atoms with Gasteiger partial charge in [-0.3, -0.25) is 24.0 Å². The minimum Gasteiger partial charge on any atom is -0.340 e. The van der Waals surface area contributed by atoms with Gasteiger partial charge in [-0.25, -0.2) is 0 Å². The van der Waals surface area contributed by atoms with Crippen molar-refractivity contribution in [2.45, 2.75) is 165 Å². The summed E-state index contributed by atoms with van der Waals surface area (Å²) in [5.41, 5.74) is 2.69. The van der Waals surface area contributed by atoms with Gasteiger partial charge in [-0.1, -0.05) is 39.8 Å². The second-order valence-corrected chi connectivity index (χ2v) is 20.6. The normalized spacial score (nSPS) is 20.5. The molecule has 0 saturated carbocycles. The van der Waals surface area contributed by atoms with Crippen molar-refractivity contribution in [2.24, 2.45) is 0 Å². The molecule has 312 valence electrons. The predicted octanol–water partition coefficient (Wildman–Crippen LogP) is 7.88. The van der Waals surface area contributed by atoms with Crippen molar-refractivity contribution in [1.29, 1.82) is 0 Å². The number of likely N-dealkylation sites (N-methyl/N-ethyl adjacent to an activating group) is 1. The Morgan fingerprint density at radius 1 is 0.965 bits per heavy atom. The third-order valence-corrected chi connectivity index (χ3v) is 14.8. The van der Waals surface area contributed by atoms with E-state index in [9.17, 15) is 22.6 Å². The lowest BCUT2D eigenvalue weighted by Gasteiger charge is -2.55. The Morgan fingerprint density at radius 3 is 2.05 bits per heavy atom. The highest BCUT2D eigenvalue weighted by molar-refractivity contribution is 7.85. The van der Waals surface area contributed by atoms with Gasteiger partial charge in [-0.2, -0.15) is 13.0 Å². The van der Waals surface area contributed by atoms with E-state index in [0.29, 0.717) is 12.8 Å². The average molecular weight is 803 g/mol. The average Bonchev–Trinajstić information content (AvgIpc) is 3.60. The molecule has 2 saturated heterocycles. The van der Waals surface area contributed by atoms with Crippen molar-refractivity contribution in [3.8, 4) is 0 Å². The standard InChI is InChI=1S/C46H67N5O5S/c1-12-46(9,37-19-23-47-24-20-37)32-38(51-25-13-14-41(51)52)28-35(34-15-17-40(18-16-34)57(54,55)56)29-43(3,4)36-21-26-50(27-22-36)33(2)42(53)48(10)39-30-44(5,6)49(11)45(7,8)31-39/h15-24,26-27,33,35,38-39H,12-14,25,28-32H2,1-11H3/p+1. The summed E-state index contributed by atoms with van der Waals surface area (Å²) in [4.78, 5) is 38.0. The molecule has 5 rings (SSSR count). The number of piperidine rings is 1. The van der Waals surface area contributed by atoms with Gasteiger partial charge in [0.1, 0.15) is 0 Å². The van der Waals surface area contributed by atoms with Gasteiger partial charge < -0.3 is 9.80 Å². The van der Waals surface area contributed by atoms with Crippen molar-refractivity contribution < 1.29 is 27.1 Å². The maximum Gasteiger partial charge on any atom is 0.294 e. The lowest BCUT2D eigenvalue weighted by atomic mass is 9.70. The molecule has 10 nitrogen and oxygen atoms in total. The Kier molecular flexibility index (Phi) is 13.2. The van der Waals surface area contributed by atoms with E-state index in [4.69, 9.17) is 0 Å². The fourth-order valence-corrected chi connectivity index (χ4v) is 10.3. The number of hydrogen-bond acceptors (Lipinski definition) is 6. The van der Waals surface area contributed by atoms with E-state index >= 15 is 0 Å². The van der Waals surface area contributed by atoms with Gasteiger partial charge in [0.05, 0.1) is 4.90 Å². The Hall–Kier alpha value is -3.67. The zero-order chi connectivity index (χ0) is 42.1. The predicted molar refractivity (Wildman–Crippen MR) is 226 cm³/mol. The summed E-state index contributed by atoms with van der Waals surface area (Å²) < 4.78 is 35.8. The molecule has 2 aliphatic heterocycles. The summed E-state index contributed by atoms with van der Waals surface area (Å²) in [5.74, 6) is 0.227. The van der Waals surface area contributed by atoms with Gasteiger partial charge in [-0.05, 0) is 137 Å². The zero-order valence-corrected chi connectivity index (χ0v) is 37.1.